The number of hydrogen-bond acceptors (Lipinski definition) is 6. The maximum atomic E-state index is 13.4. The van der Waals surface area contributed by atoms with Gasteiger partial charge in [-0.3, -0.25) is 4.79 Å². The van der Waals surface area contributed by atoms with Crippen LogP contribution < -0.4 is 4.90 Å². The summed E-state index contributed by atoms with van der Waals surface area (Å²) in [6.07, 6.45) is 2.45. The Morgan fingerprint density at radius 1 is 1.37 bits per heavy atom. The van der Waals surface area contributed by atoms with Crippen molar-refractivity contribution in [2.24, 2.45) is 5.92 Å². The Kier molecular flexibility index (Phi) is 7.85. The molecule has 6 nitrogen and oxygen atoms in total. The molecule has 1 aromatic rings. The number of nitrogens with zero attached hydrogens (tertiary/aromatic N) is 1. The van der Waals surface area contributed by atoms with E-state index >= 15 is 0 Å². The lowest BCUT2D eigenvalue weighted by molar-refractivity contribution is -0.250. The molecule has 0 bridgehead atoms. The first-order valence-electron chi connectivity index (χ1n) is 9.22. The molecule has 1 aliphatic heterocycles. The highest BCUT2D eigenvalue weighted by Gasteiger charge is 2.38. The molecular weight excluding hydrogens is 434 g/mol. The number of carbonyl (C=O) groups excluding carboxylic acids is 2. The minimum Gasteiger partial charge on any atom is -0.465 e. The maximum Gasteiger partial charge on any atom is 0.350 e. The molecule has 152 valence electrons. The Labute approximate surface area is 173 Å². The van der Waals surface area contributed by atoms with Crippen LogP contribution in [0.2, 0.25) is 0 Å². The summed E-state index contributed by atoms with van der Waals surface area (Å²) >= 11 is 4.69. The monoisotopic (exact) mass is 461 g/mol. The first-order valence-corrected chi connectivity index (χ1v) is 10.8. The number of esters is 1. The van der Waals surface area contributed by atoms with Crippen LogP contribution in [0.25, 0.3) is 0 Å². The van der Waals surface area contributed by atoms with Crippen molar-refractivity contribution in [1.29, 1.82) is 0 Å². The van der Waals surface area contributed by atoms with Crippen LogP contribution in [-0.4, -0.2) is 44.0 Å². The Hall–Kier alpha value is -0.960. The van der Waals surface area contributed by atoms with Crippen LogP contribution in [0.1, 0.15) is 56.6 Å². The van der Waals surface area contributed by atoms with Crippen LogP contribution in [0, 0.1) is 5.92 Å². The highest BCUT2D eigenvalue weighted by Crippen LogP contribution is 2.37. The van der Waals surface area contributed by atoms with Crippen LogP contribution >= 0.6 is 27.3 Å². The molecule has 0 aliphatic carbocycles. The number of hydrogen-bond donors (Lipinski definition) is 0. The Morgan fingerprint density at radius 3 is 2.52 bits per heavy atom. The molecule has 1 saturated heterocycles. The maximum absolute atomic E-state index is 13.4. The van der Waals surface area contributed by atoms with Crippen LogP contribution in [0.15, 0.2) is 9.85 Å². The fourth-order valence-corrected chi connectivity index (χ4v) is 4.64. The van der Waals surface area contributed by atoms with Gasteiger partial charge in [-0.15, -0.1) is 11.3 Å². The SMILES string of the molecule is CCCC(CC)C(=O)N(c1cc(Br)sc1C(=O)OC)C1COC(C)(C)OC1. The first-order chi connectivity index (χ1) is 12.7. The fourth-order valence-electron chi connectivity index (χ4n) is 3.15. The summed E-state index contributed by atoms with van der Waals surface area (Å²) in [7, 11) is 1.34. The number of methoxy groups -OCH3 is 1. The standard InChI is InChI=1S/C19H28BrNO5S/c1-6-8-12(7-2)17(22)21(13-10-25-19(3,4)26-11-13)14-9-15(20)27-16(14)18(23)24-5/h9,12-13H,6-8,10-11H2,1-5H3. The average Bonchev–Trinajstić information content (AvgIpc) is 3.01. The molecule has 2 rings (SSSR count). The molecule has 8 heteroatoms. The van der Waals surface area contributed by atoms with E-state index in [0.717, 1.165) is 23.0 Å². The number of carbonyl (C=O) groups is 2. The molecule has 0 saturated carbocycles. The summed E-state index contributed by atoms with van der Waals surface area (Å²) in [4.78, 5) is 27.8. The summed E-state index contributed by atoms with van der Waals surface area (Å²) in [5, 5.41) is 0. The first kappa shape index (κ1) is 22.3. The van der Waals surface area contributed by atoms with Crippen molar-refractivity contribution in [3.05, 3.63) is 14.7 Å². The minimum absolute atomic E-state index is 0.00768. The molecule has 27 heavy (non-hydrogen) atoms. The smallest absolute Gasteiger partial charge is 0.350 e. The molecule has 1 amide bonds. The zero-order valence-corrected chi connectivity index (χ0v) is 18.9. The zero-order valence-electron chi connectivity index (χ0n) is 16.5. The van der Waals surface area contributed by atoms with E-state index in [4.69, 9.17) is 14.2 Å². The van der Waals surface area contributed by atoms with Crippen LogP contribution in [0.5, 0.6) is 0 Å². The summed E-state index contributed by atoms with van der Waals surface area (Å²) in [5.41, 5.74) is 0.551. The number of thiophene rings is 1. The van der Waals surface area contributed by atoms with E-state index in [2.05, 4.69) is 22.9 Å². The third-order valence-electron chi connectivity index (χ3n) is 4.64. The quantitative estimate of drug-likeness (QED) is 0.554. The van der Waals surface area contributed by atoms with Gasteiger partial charge in [-0.25, -0.2) is 4.79 Å². The van der Waals surface area contributed by atoms with Gasteiger partial charge in [0, 0.05) is 5.92 Å². The lowest BCUT2D eigenvalue weighted by Crippen LogP contribution is -2.54. The van der Waals surface area contributed by atoms with Crippen LogP contribution in [0.4, 0.5) is 5.69 Å². The lowest BCUT2D eigenvalue weighted by Gasteiger charge is -2.41. The van der Waals surface area contributed by atoms with Crippen molar-refractivity contribution in [2.45, 2.75) is 58.8 Å². The van der Waals surface area contributed by atoms with Crippen molar-refractivity contribution in [3.8, 4) is 0 Å². The summed E-state index contributed by atoms with van der Waals surface area (Å²) in [6, 6.07) is 1.49. The zero-order chi connectivity index (χ0) is 20.2. The summed E-state index contributed by atoms with van der Waals surface area (Å²) in [5.74, 6) is -1.26. The molecule has 1 aromatic heterocycles. The molecule has 1 aliphatic rings. The second-order valence-electron chi connectivity index (χ2n) is 7.03. The van der Waals surface area contributed by atoms with Crippen LogP contribution in [0.3, 0.4) is 0 Å². The van der Waals surface area contributed by atoms with E-state index in [-0.39, 0.29) is 17.9 Å². The molecule has 1 unspecified atom stereocenters. The van der Waals surface area contributed by atoms with Crippen molar-refractivity contribution in [3.63, 3.8) is 0 Å². The molecule has 0 radical (unpaired) electrons. The van der Waals surface area contributed by atoms with E-state index in [1.165, 1.54) is 18.4 Å². The Balaban J connectivity index is 2.44. The Bertz CT molecular complexity index is 665. The molecular formula is C19H28BrNO5S. The number of amides is 1. The average molecular weight is 462 g/mol. The van der Waals surface area contributed by atoms with Gasteiger partial charge in [0.25, 0.3) is 0 Å². The number of anilines is 1. The van der Waals surface area contributed by atoms with Gasteiger partial charge in [-0.1, -0.05) is 20.3 Å². The molecule has 1 fully saturated rings. The van der Waals surface area contributed by atoms with Gasteiger partial charge in [0.15, 0.2) is 5.79 Å². The lowest BCUT2D eigenvalue weighted by atomic mass is 9.97. The second-order valence-corrected chi connectivity index (χ2v) is 9.47. The topological polar surface area (TPSA) is 65.1 Å². The summed E-state index contributed by atoms with van der Waals surface area (Å²) in [6.45, 7) is 8.46. The van der Waals surface area contributed by atoms with E-state index in [0.29, 0.717) is 23.8 Å². The fraction of sp³-hybridized carbons (Fsp3) is 0.684. The van der Waals surface area contributed by atoms with Crippen molar-refractivity contribution in [2.75, 3.05) is 25.2 Å². The van der Waals surface area contributed by atoms with Gasteiger partial charge in [0.05, 0.1) is 35.8 Å². The predicted octanol–water partition coefficient (Wildman–Crippen LogP) is 4.61. The van der Waals surface area contributed by atoms with E-state index in [1.54, 1.807) is 11.0 Å². The number of rotatable bonds is 7. The largest absolute Gasteiger partial charge is 0.465 e. The van der Waals surface area contributed by atoms with Crippen molar-refractivity contribution in [1.82, 2.24) is 0 Å². The van der Waals surface area contributed by atoms with Gasteiger partial charge in [-0.05, 0) is 48.7 Å². The van der Waals surface area contributed by atoms with Gasteiger partial charge in [0.1, 0.15) is 4.88 Å². The minimum atomic E-state index is -0.681. The number of ether oxygens (including phenoxy) is 3. The van der Waals surface area contributed by atoms with Crippen molar-refractivity contribution < 1.29 is 23.8 Å². The predicted molar refractivity (Wildman–Crippen MR) is 109 cm³/mol. The third-order valence-corrected chi connectivity index (χ3v) is 6.25. The van der Waals surface area contributed by atoms with Gasteiger partial charge < -0.3 is 19.1 Å². The highest BCUT2D eigenvalue weighted by molar-refractivity contribution is 9.11. The van der Waals surface area contributed by atoms with Gasteiger partial charge in [0.2, 0.25) is 5.91 Å². The molecule has 1 atom stereocenters. The molecule has 0 N–H and O–H groups in total. The Morgan fingerprint density at radius 2 is 2.00 bits per heavy atom. The second kappa shape index (κ2) is 9.49. The van der Waals surface area contributed by atoms with Crippen LogP contribution in [-0.2, 0) is 19.0 Å². The normalized spacial score (nSPS) is 18.1. The van der Waals surface area contributed by atoms with E-state index in [1.807, 2.05) is 20.8 Å². The van der Waals surface area contributed by atoms with E-state index < -0.39 is 11.8 Å². The molecule has 0 aromatic carbocycles. The molecule has 2 heterocycles. The van der Waals surface area contributed by atoms with E-state index in [9.17, 15) is 9.59 Å². The molecule has 0 spiro atoms. The van der Waals surface area contributed by atoms with Gasteiger partial charge in [-0.2, -0.15) is 0 Å². The highest BCUT2D eigenvalue weighted by atomic mass is 79.9. The summed E-state index contributed by atoms with van der Waals surface area (Å²) < 4.78 is 17.3. The number of halogens is 1. The third kappa shape index (κ3) is 5.31. The van der Waals surface area contributed by atoms with Gasteiger partial charge >= 0.3 is 5.97 Å². The van der Waals surface area contributed by atoms with Crippen molar-refractivity contribution >= 4 is 44.8 Å².